The molecule has 0 unspecified atom stereocenters. The fourth-order valence-electron chi connectivity index (χ4n) is 4.79. The number of unbranched alkanes of at least 4 members (excludes halogenated alkanes) is 4. The van der Waals surface area contributed by atoms with E-state index in [0.29, 0.717) is 17.9 Å². The molecule has 1 fully saturated rings. The molecule has 1 saturated carbocycles. The number of benzene rings is 3. The van der Waals surface area contributed by atoms with Crippen molar-refractivity contribution >= 4 is 5.91 Å². The molecule has 3 aromatic carbocycles. The number of nitrogens with zero attached hydrogens (tertiary/aromatic N) is 1. The average Bonchev–Trinajstić information content (AvgIpc) is 3.77. The van der Waals surface area contributed by atoms with Gasteiger partial charge < -0.3 is 14.9 Å². The van der Waals surface area contributed by atoms with Crippen molar-refractivity contribution in [2.45, 2.75) is 83.6 Å². The monoisotopic (exact) mass is 515 g/mol. The lowest BCUT2D eigenvalue weighted by Crippen LogP contribution is -2.51. The highest BCUT2D eigenvalue weighted by Gasteiger charge is 2.48. The van der Waals surface area contributed by atoms with Gasteiger partial charge in [0.25, 0.3) is 11.8 Å². The van der Waals surface area contributed by atoms with Gasteiger partial charge in [0.1, 0.15) is 5.75 Å². The number of hydrogen-bond donors (Lipinski definition) is 2. The molecule has 5 nitrogen and oxygen atoms in total. The van der Waals surface area contributed by atoms with E-state index >= 15 is 0 Å². The Kier molecular flexibility index (Phi) is 9.59. The molecule has 0 atom stereocenters. The molecule has 0 bridgehead atoms. The van der Waals surface area contributed by atoms with Crippen LogP contribution in [0.25, 0.3) is 11.1 Å². The molecule has 2 N–H and O–H groups in total. The fraction of sp³-hybridized carbons (Fsp3) is 0.424. The maximum absolute atomic E-state index is 13.6. The number of ether oxygens (including phenoxy) is 1. The summed E-state index contributed by atoms with van der Waals surface area (Å²) in [5, 5.41) is 22.8. The first-order chi connectivity index (χ1) is 18.5. The zero-order chi connectivity index (χ0) is 27.0. The van der Waals surface area contributed by atoms with Crippen LogP contribution in [0.5, 0.6) is 5.75 Å². The van der Waals surface area contributed by atoms with E-state index in [4.69, 9.17) is 4.74 Å². The molecule has 5 heteroatoms. The molecule has 1 aliphatic carbocycles. The molecule has 0 aromatic heterocycles. The van der Waals surface area contributed by atoms with Gasteiger partial charge >= 0.3 is 0 Å². The third kappa shape index (κ3) is 6.83. The van der Waals surface area contributed by atoms with Gasteiger partial charge in [-0.1, -0.05) is 88.1 Å². The Balaban J connectivity index is 1.51. The number of para-hydroxylation sites is 1. The Morgan fingerprint density at radius 2 is 1.47 bits per heavy atom. The first kappa shape index (κ1) is 27.9. The van der Waals surface area contributed by atoms with Gasteiger partial charge in [-0.25, -0.2) is 0 Å². The third-order valence-electron chi connectivity index (χ3n) is 7.21. The van der Waals surface area contributed by atoms with E-state index in [1.54, 1.807) is 36.4 Å². The van der Waals surface area contributed by atoms with Gasteiger partial charge in [0, 0.05) is 11.6 Å². The van der Waals surface area contributed by atoms with Crippen LogP contribution >= 0.6 is 0 Å². The maximum atomic E-state index is 13.6. The summed E-state index contributed by atoms with van der Waals surface area (Å²) < 4.78 is 5.94. The van der Waals surface area contributed by atoms with E-state index < -0.39 is 11.8 Å². The standard InChI is InChI=1S/C33H41NO4/c1-3-5-7-10-24-38-31-13-9-8-12-30(31)33(36,37)34(29-22-23-29)32(35)28-20-18-27(19-21-28)26-16-14-25(15-17-26)11-6-4-2/h8-9,12-21,29,36-37H,3-7,10-11,22-24H2,1-2H3. The van der Waals surface area contributed by atoms with Crippen LogP contribution < -0.4 is 4.74 Å². The quantitative estimate of drug-likeness (QED) is 0.178. The summed E-state index contributed by atoms with van der Waals surface area (Å²) in [6.07, 6.45) is 9.14. The average molecular weight is 516 g/mol. The van der Waals surface area contributed by atoms with Crippen molar-refractivity contribution in [1.82, 2.24) is 4.90 Å². The Hall–Kier alpha value is -3.15. The molecule has 38 heavy (non-hydrogen) atoms. The van der Waals surface area contributed by atoms with Crippen LogP contribution in [0.3, 0.4) is 0 Å². The molecule has 0 spiro atoms. The largest absolute Gasteiger partial charge is 0.493 e. The second kappa shape index (κ2) is 13.1. The molecule has 0 saturated heterocycles. The lowest BCUT2D eigenvalue weighted by molar-refractivity contribution is -0.259. The Morgan fingerprint density at radius 1 is 0.842 bits per heavy atom. The van der Waals surface area contributed by atoms with Gasteiger partial charge in [0.05, 0.1) is 12.2 Å². The highest BCUT2D eigenvalue weighted by molar-refractivity contribution is 5.95. The predicted octanol–water partition coefficient (Wildman–Crippen LogP) is 7.06. The lowest BCUT2D eigenvalue weighted by Gasteiger charge is -2.36. The molecular formula is C33H41NO4. The molecular weight excluding hydrogens is 474 g/mol. The van der Waals surface area contributed by atoms with Gasteiger partial charge in [0.15, 0.2) is 0 Å². The van der Waals surface area contributed by atoms with Crippen molar-refractivity contribution in [3.8, 4) is 16.9 Å². The van der Waals surface area contributed by atoms with Gasteiger partial charge in [-0.05, 0) is 73.1 Å². The smallest absolute Gasteiger partial charge is 0.281 e. The van der Waals surface area contributed by atoms with Crippen molar-refractivity contribution in [2.24, 2.45) is 0 Å². The van der Waals surface area contributed by atoms with E-state index in [-0.39, 0.29) is 11.6 Å². The van der Waals surface area contributed by atoms with Crippen molar-refractivity contribution in [3.63, 3.8) is 0 Å². The van der Waals surface area contributed by atoms with Gasteiger partial charge in [-0.3, -0.25) is 9.69 Å². The van der Waals surface area contributed by atoms with Gasteiger partial charge in [0.2, 0.25) is 0 Å². The van der Waals surface area contributed by atoms with Crippen LogP contribution in [-0.4, -0.2) is 33.7 Å². The highest BCUT2D eigenvalue weighted by Crippen LogP contribution is 2.40. The van der Waals surface area contributed by atoms with Crippen LogP contribution in [0.4, 0.5) is 0 Å². The SMILES string of the molecule is CCCCCCOc1ccccc1C(O)(O)N(C(=O)c1ccc(-c2ccc(CCCC)cc2)cc1)C1CC1. The molecule has 0 radical (unpaired) electrons. The second-order valence-electron chi connectivity index (χ2n) is 10.3. The van der Waals surface area contributed by atoms with Crippen LogP contribution in [-0.2, 0) is 12.3 Å². The summed E-state index contributed by atoms with van der Waals surface area (Å²) in [4.78, 5) is 14.9. The Labute approximate surface area is 227 Å². The van der Waals surface area contributed by atoms with Crippen LogP contribution in [0.2, 0.25) is 0 Å². The first-order valence-electron chi connectivity index (χ1n) is 14.2. The van der Waals surface area contributed by atoms with E-state index in [0.717, 1.165) is 56.1 Å². The Morgan fingerprint density at radius 3 is 2.11 bits per heavy atom. The minimum atomic E-state index is -2.48. The van der Waals surface area contributed by atoms with E-state index in [9.17, 15) is 15.0 Å². The number of carbonyl (C=O) groups excluding carboxylic acids is 1. The Bertz CT molecular complexity index is 1170. The minimum absolute atomic E-state index is 0.190. The fourth-order valence-corrected chi connectivity index (χ4v) is 4.79. The molecule has 4 rings (SSSR count). The second-order valence-corrected chi connectivity index (χ2v) is 10.3. The molecule has 0 aliphatic heterocycles. The highest BCUT2D eigenvalue weighted by atomic mass is 16.5. The number of amides is 1. The first-order valence-corrected chi connectivity index (χ1v) is 14.2. The summed E-state index contributed by atoms with van der Waals surface area (Å²) in [6, 6.07) is 22.6. The summed E-state index contributed by atoms with van der Waals surface area (Å²) in [7, 11) is 0. The molecule has 202 valence electrons. The summed E-state index contributed by atoms with van der Waals surface area (Å²) in [6.45, 7) is 4.84. The van der Waals surface area contributed by atoms with Crippen molar-refractivity contribution in [3.05, 3.63) is 89.5 Å². The maximum Gasteiger partial charge on any atom is 0.281 e. The number of aryl methyl sites for hydroxylation is 1. The number of rotatable bonds is 14. The minimum Gasteiger partial charge on any atom is -0.493 e. The van der Waals surface area contributed by atoms with Gasteiger partial charge in [-0.15, -0.1) is 0 Å². The zero-order valence-corrected chi connectivity index (χ0v) is 22.7. The molecule has 1 aliphatic rings. The normalized spacial score (nSPS) is 13.4. The van der Waals surface area contributed by atoms with Crippen molar-refractivity contribution in [1.29, 1.82) is 0 Å². The summed E-state index contributed by atoms with van der Waals surface area (Å²) >= 11 is 0. The van der Waals surface area contributed by atoms with Crippen LogP contribution in [0, 0.1) is 0 Å². The third-order valence-corrected chi connectivity index (χ3v) is 7.21. The van der Waals surface area contributed by atoms with Crippen LogP contribution in [0.15, 0.2) is 72.8 Å². The number of carbonyl (C=O) groups is 1. The molecule has 1 amide bonds. The van der Waals surface area contributed by atoms with Gasteiger partial charge in [-0.2, -0.15) is 0 Å². The molecule has 3 aromatic rings. The lowest BCUT2D eigenvalue weighted by atomic mass is 10.00. The van der Waals surface area contributed by atoms with Crippen molar-refractivity contribution < 1.29 is 19.7 Å². The van der Waals surface area contributed by atoms with Crippen LogP contribution in [0.1, 0.15) is 86.7 Å². The number of hydrogen-bond acceptors (Lipinski definition) is 4. The summed E-state index contributed by atoms with van der Waals surface area (Å²) in [5.74, 6) is -2.49. The van der Waals surface area contributed by atoms with E-state index in [2.05, 4.69) is 38.1 Å². The predicted molar refractivity (Wildman–Crippen MR) is 152 cm³/mol. The van der Waals surface area contributed by atoms with Crippen molar-refractivity contribution in [2.75, 3.05) is 6.61 Å². The van der Waals surface area contributed by atoms with E-state index in [1.165, 1.54) is 23.3 Å². The molecule has 0 heterocycles. The van der Waals surface area contributed by atoms with E-state index in [1.807, 2.05) is 12.1 Å². The number of aliphatic hydroxyl groups is 2. The zero-order valence-electron chi connectivity index (χ0n) is 22.7. The summed E-state index contributed by atoms with van der Waals surface area (Å²) in [5.41, 5.74) is 4.05. The topological polar surface area (TPSA) is 70.0 Å².